The molecule has 0 saturated carbocycles. The van der Waals surface area contributed by atoms with E-state index in [0.717, 1.165) is 12.8 Å². The van der Waals surface area contributed by atoms with Crippen LogP contribution in [0.25, 0.3) is 0 Å². The third-order valence-electron chi connectivity index (χ3n) is 4.66. The molecule has 1 aromatic carbocycles. The number of fused-ring (bicyclic) bond motifs is 2. The van der Waals surface area contributed by atoms with E-state index in [2.05, 4.69) is 10.6 Å². The molecule has 1 aromatic heterocycles. The quantitative estimate of drug-likeness (QED) is 0.903. The zero-order chi connectivity index (χ0) is 16.5. The van der Waals surface area contributed by atoms with Crippen LogP contribution < -0.4 is 15.4 Å². The molecule has 0 spiro atoms. The first kappa shape index (κ1) is 14.8. The average molecular weight is 323 g/mol. The first-order chi connectivity index (χ1) is 11.7. The number of nitrogens with zero attached hydrogens (tertiary/aromatic N) is 1. The second kappa shape index (κ2) is 6.02. The Morgan fingerprint density at radius 1 is 1.33 bits per heavy atom. The Balaban J connectivity index is 1.38. The molecular weight excluding hydrogens is 306 g/mol. The maximum atomic E-state index is 12.4. The summed E-state index contributed by atoms with van der Waals surface area (Å²) in [6.07, 6.45) is 4.69. The lowest BCUT2D eigenvalue weighted by Crippen LogP contribution is -2.42. The van der Waals surface area contributed by atoms with Crippen molar-refractivity contribution in [1.29, 1.82) is 5.26 Å². The van der Waals surface area contributed by atoms with Crippen LogP contribution in [-0.4, -0.2) is 24.0 Å². The number of nitrogens with one attached hydrogen (secondary N) is 2. The summed E-state index contributed by atoms with van der Waals surface area (Å²) in [5, 5.41) is 15.4. The number of hydrogen-bond acceptors (Lipinski definition) is 5. The van der Waals surface area contributed by atoms with Gasteiger partial charge in [-0.15, -0.1) is 0 Å². The Kier molecular flexibility index (Phi) is 3.71. The Morgan fingerprint density at radius 3 is 2.79 bits per heavy atom. The molecule has 2 aromatic rings. The molecule has 6 nitrogen and oxygen atoms in total. The van der Waals surface area contributed by atoms with Crippen molar-refractivity contribution in [2.75, 3.05) is 0 Å². The van der Waals surface area contributed by atoms with Gasteiger partial charge in [-0.2, -0.15) is 5.26 Å². The number of carbonyl (C=O) groups excluding carboxylic acids is 1. The summed E-state index contributed by atoms with van der Waals surface area (Å²) in [7, 11) is 0. The summed E-state index contributed by atoms with van der Waals surface area (Å²) in [4.78, 5) is 12.4. The standard InChI is InChI=1S/C18H17N3O3/c19-9-11-7-17(23-10-11)24-14-4-1-12(2-5-14)18(22)21-16-8-13-3-6-15(16)20-13/h1-2,4-5,7,10,13,15-16,20H,3,6,8H2,(H,21,22). The molecule has 0 aliphatic carbocycles. The highest BCUT2D eigenvalue weighted by Crippen LogP contribution is 2.28. The molecule has 2 saturated heterocycles. The van der Waals surface area contributed by atoms with Gasteiger partial charge in [0.05, 0.1) is 5.56 Å². The Bertz CT molecular complexity index is 791. The fourth-order valence-corrected chi connectivity index (χ4v) is 3.45. The third-order valence-corrected chi connectivity index (χ3v) is 4.66. The number of ether oxygens (including phenoxy) is 1. The molecule has 24 heavy (non-hydrogen) atoms. The molecule has 122 valence electrons. The van der Waals surface area contributed by atoms with Crippen molar-refractivity contribution in [1.82, 2.24) is 10.6 Å². The molecule has 3 atom stereocenters. The predicted molar refractivity (Wildman–Crippen MR) is 85.8 cm³/mol. The lowest BCUT2D eigenvalue weighted by Gasteiger charge is -2.21. The number of hydrogen-bond donors (Lipinski definition) is 2. The minimum absolute atomic E-state index is 0.0642. The number of amides is 1. The van der Waals surface area contributed by atoms with E-state index >= 15 is 0 Å². The van der Waals surface area contributed by atoms with Crippen LogP contribution in [-0.2, 0) is 0 Å². The molecule has 2 fully saturated rings. The number of furan rings is 1. The van der Waals surface area contributed by atoms with E-state index in [1.165, 1.54) is 18.8 Å². The van der Waals surface area contributed by atoms with Crippen LogP contribution in [0, 0.1) is 11.3 Å². The average Bonchev–Trinajstić information content (AvgIpc) is 3.32. The SMILES string of the molecule is N#Cc1coc(Oc2ccc(C(=O)NC3CC4CCC3N4)cc2)c1. The summed E-state index contributed by atoms with van der Waals surface area (Å²) in [5.74, 6) is 0.731. The van der Waals surface area contributed by atoms with Crippen LogP contribution >= 0.6 is 0 Å². The van der Waals surface area contributed by atoms with E-state index in [9.17, 15) is 4.79 Å². The Morgan fingerprint density at radius 2 is 2.17 bits per heavy atom. The normalized spacial score (nSPS) is 24.5. The van der Waals surface area contributed by atoms with Gasteiger partial charge in [-0.05, 0) is 43.5 Å². The van der Waals surface area contributed by atoms with Crippen LogP contribution in [0.1, 0.15) is 35.2 Å². The second-order valence-electron chi connectivity index (χ2n) is 6.26. The summed E-state index contributed by atoms with van der Waals surface area (Å²) >= 11 is 0. The molecule has 2 aliphatic heterocycles. The van der Waals surface area contributed by atoms with Gasteiger partial charge in [-0.3, -0.25) is 4.79 Å². The number of carbonyl (C=O) groups is 1. The molecular formula is C18H17N3O3. The van der Waals surface area contributed by atoms with Gasteiger partial charge in [0, 0.05) is 29.8 Å². The van der Waals surface area contributed by atoms with Crippen molar-refractivity contribution >= 4 is 5.91 Å². The van der Waals surface area contributed by atoms with Crippen LogP contribution in [0.15, 0.2) is 41.0 Å². The van der Waals surface area contributed by atoms with Gasteiger partial charge in [-0.1, -0.05) is 0 Å². The first-order valence-corrected chi connectivity index (χ1v) is 8.05. The second-order valence-corrected chi connectivity index (χ2v) is 6.26. The third kappa shape index (κ3) is 2.86. The largest absolute Gasteiger partial charge is 0.433 e. The van der Waals surface area contributed by atoms with Crippen molar-refractivity contribution < 1.29 is 13.9 Å². The molecule has 6 heteroatoms. The van der Waals surface area contributed by atoms with Gasteiger partial charge in [0.2, 0.25) is 0 Å². The monoisotopic (exact) mass is 323 g/mol. The molecule has 2 aliphatic rings. The van der Waals surface area contributed by atoms with Crippen molar-refractivity contribution in [3.05, 3.63) is 47.7 Å². The zero-order valence-corrected chi connectivity index (χ0v) is 13.0. The number of benzene rings is 1. The lowest BCUT2D eigenvalue weighted by molar-refractivity contribution is 0.0931. The molecule has 3 heterocycles. The molecule has 2 N–H and O–H groups in total. The minimum atomic E-state index is -0.0642. The molecule has 0 radical (unpaired) electrons. The van der Waals surface area contributed by atoms with Crippen molar-refractivity contribution in [2.24, 2.45) is 0 Å². The summed E-state index contributed by atoms with van der Waals surface area (Å²) < 4.78 is 10.6. The zero-order valence-electron chi connectivity index (χ0n) is 13.0. The van der Waals surface area contributed by atoms with Crippen molar-refractivity contribution in [3.8, 4) is 17.8 Å². The highest BCUT2D eigenvalue weighted by Gasteiger charge is 2.39. The summed E-state index contributed by atoms with van der Waals surface area (Å²) in [5.41, 5.74) is 1.00. The van der Waals surface area contributed by atoms with E-state index in [1.54, 1.807) is 24.3 Å². The Hall–Kier alpha value is -2.78. The maximum Gasteiger partial charge on any atom is 0.291 e. The van der Waals surface area contributed by atoms with Gasteiger partial charge in [-0.25, -0.2) is 0 Å². The van der Waals surface area contributed by atoms with Gasteiger partial charge in [0.25, 0.3) is 11.9 Å². The highest BCUT2D eigenvalue weighted by atomic mass is 16.6. The molecule has 3 unspecified atom stereocenters. The highest BCUT2D eigenvalue weighted by molar-refractivity contribution is 5.94. The molecule has 1 amide bonds. The van der Waals surface area contributed by atoms with Crippen LogP contribution in [0.4, 0.5) is 0 Å². The lowest BCUT2D eigenvalue weighted by atomic mass is 9.95. The fourth-order valence-electron chi connectivity index (χ4n) is 3.45. The maximum absolute atomic E-state index is 12.4. The minimum Gasteiger partial charge on any atom is -0.433 e. The smallest absolute Gasteiger partial charge is 0.291 e. The summed E-state index contributed by atoms with van der Waals surface area (Å²) in [6, 6.07) is 11.5. The number of nitriles is 1. The van der Waals surface area contributed by atoms with Crippen LogP contribution in [0.2, 0.25) is 0 Å². The van der Waals surface area contributed by atoms with Crippen molar-refractivity contribution in [2.45, 2.75) is 37.4 Å². The first-order valence-electron chi connectivity index (χ1n) is 8.05. The Labute approximate surface area is 139 Å². The fraction of sp³-hybridized carbons (Fsp3) is 0.333. The van der Waals surface area contributed by atoms with Crippen molar-refractivity contribution in [3.63, 3.8) is 0 Å². The van der Waals surface area contributed by atoms with E-state index in [1.807, 2.05) is 6.07 Å². The van der Waals surface area contributed by atoms with Gasteiger partial charge >= 0.3 is 0 Å². The van der Waals surface area contributed by atoms with E-state index < -0.39 is 0 Å². The van der Waals surface area contributed by atoms with E-state index in [0.29, 0.717) is 29.0 Å². The van der Waals surface area contributed by atoms with Crippen LogP contribution in [0.3, 0.4) is 0 Å². The van der Waals surface area contributed by atoms with Gasteiger partial charge in [0.15, 0.2) is 0 Å². The van der Waals surface area contributed by atoms with Crippen LogP contribution in [0.5, 0.6) is 11.7 Å². The van der Waals surface area contributed by atoms with E-state index in [4.69, 9.17) is 14.4 Å². The van der Waals surface area contributed by atoms with Gasteiger partial charge in [0.1, 0.15) is 18.1 Å². The van der Waals surface area contributed by atoms with E-state index in [-0.39, 0.29) is 17.9 Å². The molecule has 2 bridgehead atoms. The summed E-state index contributed by atoms with van der Waals surface area (Å²) in [6.45, 7) is 0. The van der Waals surface area contributed by atoms with Gasteiger partial charge < -0.3 is 19.8 Å². The number of rotatable bonds is 4. The molecule has 4 rings (SSSR count). The predicted octanol–water partition coefficient (Wildman–Crippen LogP) is 2.57. The topological polar surface area (TPSA) is 87.3 Å².